The standard InChI is InChI=1S/C21H41N7O5/c1-6-12(4)16(20(32)33)28-17(29)13(5)26-19(31)15(10-11(2)3)27-18(30)14(22)8-7-9-25-21(23)24/h11-16H,6-10,22H2,1-5H3,(H,26,31)(H,27,30)(H,28,29)(H,32,33)(H4,23,24,25). The van der Waals surface area contributed by atoms with Crippen molar-refractivity contribution in [2.75, 3.05) is 6.54 Å². The Kier molecular flexibility index (Phi) is 13.7. The van der Waals surface area contributed by atoms with Gasteiger partial charge in [0.15, 0.2) is 5.96 Å². The number of nitrogens with one attached hydrogen (secondary N) is 3. The second kappa shape index (κ2) is 15.0. The lowest BCUT2D eigenvalue weighted by atomic mass is 9.99. The molecule has 3 amide bonds. The Bertz CT molecular complexity index is 694. The van der Waals surface area contributed by atoms with E-state index in [4.69, 9.17) is 17.2 Å². The van der Waals surface area contributed by atoms with Gasteiger partial charge >= 0.3 is 5.97 Å². The Hall–Kier alpha value is -2.89. The average molecular weight is 472 g/mol. The second-order valence-electron chi connectivity index (χ2n) is 8.69. The fourth-order valence-corrected chi connectivity index (χ4v) is 2.97. The molecule has 0 saturated heterocycles. The minimum atomic E-state index is -1.14. The van der Waals surface area contributed by atoms with Gasteiger partial charge in [-0.1, -0.05) is 34.1 Å². The zero-order chi connectivity index (χ0) is 25.7. The molecule has 0 spiro atoms. The lowest BCUT2D eigenvalue weighted by molar-refractivity contribution is -0.143. The fourth-order valence-electron chi connectivity index (χ4n) is 2.97. The molecule has 5 unspecified atom stereocenters. The van der Waals surface area contributed by atoms with Crippen LogP contribution in [0.1, 0.15) is 60.3 Å². The molecule has 0 aromatic heterocycles. The summed E-state index contributed by atoms with van der Waals surface area (Å²) in [5, 5.41) is 17.0. The van der Waals surface area contributed by atoms with Crippen molar-refractivity contribution < 1.29 is 24.3 Å². The van der Waals surface area contributed by atoms with Gasteiger partial charge in [0.2, 0.25) is 17.7 Å². The zero-order valence-corrected chi connectivity index (χ0v) is 20.3. The number of nitrogens with zero attached hydrogens (tertiary/aromatic N) is 1. The summed E-state index contributed by atoms with van der Waals surface area (Å²) in [4.78, 5) is 53.0. The minimum absolute atomic E-state index is 0.0429. The summed E-state index contributed by atoms with van der Waals surface area (Å²) in [7, 11) is 0. The molecule has 0 radical (unpaired) electrons. The first kappa shape index (κ1) is 30.1. The summed E-state index contributed by atoms with van der Waals surface area (Å²) in [6.07, 6.45) is 1.71. The van der Waals surface area contributed by atoms with Crippen molar-refractivity contribution >= 4 is 29.7 Å². The maximum absolute atomic E-state index is 12.8. The van der Waals surface area contributed by atoms with Gasteiger partial charge in [-0.25, -0.2) is 4.79 Å². The quantitative estimate of drug-likeness (QED) is 0.0892. The number of rotatable bonds is 15. The van der Waals surface area contributed by atoms with Crippen LogP contribution in [0.15, 0.2) is 4.99 Å². The summed E-state index contributed by atoms with van der Waals surface area (Å²) in [5.74, 6) is -3.07. The van der Waals surface area contributed by atoms with Gasteiger partial charge in [0.1, 0.15) is 18.1 Å². The normalized spacial score (nSPS) is 15.5. The number of aliphatic carboxylic acids is 1. The monoisotopic (exact) mass is 471 g/mol. The summed E-state index contributed by atoms with van der Waals surface area (Å²) < 4.78 is 0. The predicted octanol–water partition coefficient (Wildman–Crippen LogP) is -0.982. The number of carbonyl (C=O) groups is 4. The Morgan fingerprint density at radius 1 is 0.939 bits per heavy atom. The molecular formula is C21H41N7O5. The van der Waals surface area contributed by atoms with Crippen molar-refractivity contribution in [3.05, 3.63) is 0 Å². The summed E-state index contributed by atoms with van der Waals surface area (Å²) in [5.41, 5.74) is 16.4. The maximum atomic E-state index is 12.8. The van der Waals surface area contributed by atoms with Crippen LogP contribution in [0.2, 0.25) is 0 Å². The van der Waals surface area contributed by atoms with Crippen LogP contribution in [0.5, 0.6) is 0 Å². The first-order chi connectivity index (χ1) is 15.3. The summed E-state index contributed by atoms with van der Waals surface area (Å²) >= 11 is 0. The highest BCUT2D eigenvalue weighted by atomic mass is 16.4. The van der Waals surface area contributed by atoms with E-state index in [2.05, 4.69) is 20.9 Å². The van der Waals surface area contributed by atoms with Crippen molar-refractivity contribution in [1.82, 2.24) is 16.0 Å². The molecule has 0 fully saturated rings. The zero-order valence-electron chi connectivity index (χ0n) is 20.3. The number of hydrogen-bond donors (Lipinski definition) is 7. The van der Waals surface area contributed by atoms with E-state index in [1.54, 1.807) is 6.92 Å². The molecule has 10 N–H and O–H groups in total. The van der Waals surface area contributed by atoms with Crippen LogP contribution < -0.4 is 33.2 Å². The van der Waals surface area contributed by atoms with E-state index >= 15 is 0 Å². The summed E-state index contributed by atoms with van der Waals surface area (Å²) in [6.45, 7) is 9.11. The highest BCUT2D eigenvalue weighted by Gasteiger charge is 2.30. The van der Waals surface area contributed by atoms with Crippen LogP contribution in [-0.2, 0) is 19.2 Å². The third-order valence-corrected chi connectivity index (χ3v) is 5.17. The molecule has 12 heteroatoms. The average Bonchev–Trinajstić information content (AvgIpc) is 2.72. The lowest BCUT2D eigenvalue weighted by Crippen LogP contribution is -2.57. The summed E-state index contributed by atoms with van der Waals surface area (Å²) in [6, 6.07) is -3.82. The van der Waals surface area contributed by atoms with E-state index in [9.17, 15) is 24.3 Å². The number of amides is 3. The number of carboxylic acids is 1. The molecule has 0 aromatic rings. The van der Waals surface area contributed by atoms with Crippen LogP contribution in [0.3, 0.4) is 0 Å². The van der Waals surface area contributed by atoms with Gasteiger partial charge in [-0.15, -0.1) is 0 Å². The van der Waals surface area contributed by atoms with Gasteiger partial charge in [-0.05, 0) is 38.0 Å². The first-order valence-electron chi connectivity index (χ1n) is 11.2. The van der Waals surface area contributed by atoms with E-state index in [0.29, 0.717) is 32.2 Å². The molecule has 5 atom stereocenters. The van der Waals surface area contributed by atoms with Crippen LogP contribution >= 0.6 is 0 Å². The molecule has 0 aliphatic heterocycles. The van der Waals surface area contributed by atoms with E-state index in [1.807, 2.05) is 20.8 Å². The Morgan fingerprint density at radius 3 is 2.03 bits per heavy atom. The van der Waals surface area contributed by atoms with Gasteiger partial charge in [0.25, 0.3) is 0 Å². The molecule has 0 saturated carbocycles. The van der Waals surface area contributed by atoms with Crippen LogP contribution in [0, 0.1) is 11.8 Å². The van der Waals surface area contributed by atoms with Crippen LogP contribution in [0.25, 0.3) is 0 Å². The highest BCUT2D eigenvalue weighted by molar-refractivity contribution is 5.93. The largest absolute Gasteiger partial charge is 0.480 e. The van der Waals surface area contributed by atoms with Gasteiger partial charge in [-0.3, -0.25) is 19.4 Å². The number of carboxylic acid groups (broad SMARTS) is 1. The van der Waals surface area contributed by atoms with Crippen molar-refractivity contribution in [2.45, 2.75) is 84.5 Å². The first-order valence-corrected chi connectivity index (χ1v) is 11.2. The molecule has 0 aliphatic rings. The van der Waals surface area contributed by atoms with Crippen molar-refractivity contribution in [3.63, 3.8) is 0 Å². The molecule has 0 bridgehead atoms. The molecule has 190 valence electrons. The molecule has 0 aromatic carbocycles. The predicted molar refractivity (Wildman–Crippen MR) is 126 cm³/mol. The SMILES string of the molecule is CCC(C)C(NC(=O)C(C)NC(=O)C(CC(C)C)NC(=O)C(N)CCCN=C(N)N)C(=O)O. The van der Waals surface area contributed by atoms with Crippen molar-refractivity contribution in [3.8, 4) is 0 Å². The third kappa shape index (κ3) is 12.1. The van der Waals surface area contributed by atoms with Crippen molar-refractivity contribution in [2.24, 2.45) is 34.0 Å². The van der Waals surface area contributed by atoms with E-state index in [-0.39, 0.29) is 17.8 Å². The molecule has 0 aliphatic carbocycles. The van der Waals surface area contributed by atoms with Gasteiger partial charge in [0, 0.05) is 6.54 Å². The van der Waals surface area contributed by atoms with E-state index < -0.39 is 47.9 Å². The number of hydrogen-bond acceptors (Lipinski definition) is 6. The number of nitrogens with two attached hydrogens (primary N) is 3. The number of carbonyl (C=O) groups excluding carboxylic acids is 3. The fraction of sp³-hybridized carbons (Fsp3) is 0.762. The topological polar surface area (TPSA) is 215 Å². The Balaban J connectivity index is 5.03. The molecule has 33 heavy (non-hydrogen) atoms. The maximum Gasteiger partial charge on any atom is 0.326 e. The van der Waals surface area contributed by atoms with Gasteiger partial charge in [-0.2, -0.15) is 0 Å². The molecule has 12 nitrogen and oxygen atoms in total. The number of aliphatic imine (C=N–C) groups is 1. The van der Waals surface area contributed by atoms with Crippen molar-refractivity contribution in [1.29, 1.82) is 0 Å². The molecule has 0 heterocycles. The Morgan fingerprint density at radius 2 is 1.55 bits per heavy atom. The van der Waals surface area contributed by atoms with E-state index in [1.165, 1.54) is 6.92 Å². The number of guanidine groups is 1. The molecular weight excluding hydrogens is 430 g/mol. The highest BCUT2D eigenvalue weighted by Crippen LogP contribution is 2.09. The van der Waals surface area contributed by atoms with Gasteiger partial charge in [0.05, 0.1) is 6.04 Å². The van der Waals surface area contributed by atoms with E-state index in [0.717, 1.165) is 0 Å². The smallest absolute Gasteiger partial charge is 0.326 e. The minimum Gasteiger partial charge on any atom is -0.480 e. The van der Waals surface area contributed by atoms with Crippen LogP contribution in [0.4, 0.5) is 0 Å². The van der Waals surface area contributed by atoms with Gasteiger partial charge < -0.3 is 38.3 Å². The van der Waals surface area contributed by atoms with Crippen LogP contribution in [-0.4, -0.2) is 65.5 Å². The molecule has 0 rings (SSSR count). The second-order valence-corrected chi connectivity index (χ2v) is 8.69. The lowest BCUT2D eigenvalue weighted by Gasteiger charge is -2.25. The third-order valence-electron chi connectivity index (χ3n) is 5.17. The Labute approximate surface area is 195 Å².